The Kier molecular flexibility index (Phi) is 3.62. The van der Waals surface area contributed by atoms with Crippen molar-refractivity contribution in [2.45, 2.75) is 38.7 Å². The van der Waals surface area contributed by atoms with Crippen molar-refractivity contribution in [3.8, 4) is 5.75 Å². The predicted octanol–water partition coefficient (Wildman–Crippen LogP) is 3.24. The topological polar surface area (TPSA) is 42.0 Å². The molecule has 1 amide bonds. The molecule has 1 saturated heterocycles. The van der Waals surface area contributed by atoms with Crippen molar-refractivity contribution < 1.29 is 14.3 Å². The van der Waals surface area contributed by atoms with E-state index < -0.39 is 5.60 Å². The normalized spacial score (nSPS) is 25.5. The molecule has 1 fully saturated rings. The third-order valence-corrected chi connectivity index (χ3v) is 5.12. The first kappa shape index (κ1) is 15.6. The monoisotopic (exact) mass is 330 g/mol. The molecule has 0 bridgehead atoms. The molecule has 0 N–H and O–H groups in total. The number of hydrogen-bond donors (Lipinski definition) is 0. The van der Waals surface area contributed by atoms with Gasteiger partial charge in [-0.15, -0.1) is 0 Å². The molecule has 0 aromatic heterocycles. The number of likely N-dealkylation sites (tertiary alicyclic amines) is 1. The molecular weight excluding hydrogens is 304 g/mol. The minimum Gasteiger partial charge on any atom is -0.491 e. The number of anilines is 1. The Morgan fingerprint density at radius 3 is 2.88 bits per heavy atom. The van der Waals surface area contributed by atoms with Gasteiger partial charge < -0.3 is 19.3 Å². The second-order valence-corrected chi connectivity index (χ2v) is 8.09. The Hall–Kier alpha value is -1.91. The molecular formula is C19H26N2O3. The third-order valence-electron chi connectivity index (χ3n) is 5.12. The van der Waals surface area contributed by atoms with Crippen molar-refractivity contribution in [1.82, 2.24) is 4.90 Å². The predicted molar refractivity (Wildman–Crippen MR) is 92.8 cm³/mol. The second kappa shape index (κ2) is 5.57. The lowest BCUT2D eigenvalue weighted by molar-refractivity contribution is 0.0287. The van der Waals surface area contributed by atoms with Crippen LogP contribution < -0.4 is 9.64 Å². The molecule has 1 aromatic carbocycles. The molecule has 24 heavy (non-hydrogen) atoms. The van der Waals surface area contributed by atoms with E-state index >= 15 is 0 Å². The minimum atomic E-state index is -0.448. The first-order chi connectivity index (χ1) is 11.4. The van der Waals surface area contributed by atoms with Gasteiger partial charge in [-0.1, -0.05) is 12.1 Å². The Bertz CT molecular complexity index is 653. The van der Waals surface area contributed by atoms with E-state index in [1.54, 1.807) is 0 Å². The smallest absolute Gasteiger partial charge is 0.410 e. The van der Waals surface area contributed by atoms with Crippen LogP contribution in [0.4, 0.5) is 10.5 Å². The zero-order valence-corrected chi connectivity index (χ0v) is 14.7. The summed E-state index contributed by atoms with van der Waals surface area (Å²) in [6.07, 6.45) is 0.853. The molecule has 3 aliphatic heterocycles. The van der Waals surface area contributed by atoms with Gasteiger partial charge in [-0.25, -0.2) is 4.79 Å². The average Bonchev–Trinajstić information content (AvgIpc) is 2.83. The number of carbonyl (C=O) groups is 1. The van der Waals surface area contributed by atoms with E-state index in [4.69, 9.17) is 9.47 Å². The van der Waals surface area contributed by atoms with E-state index in [9.17, 15) is 4.79 Å². The summed E-state index contributed by atoms with van der Waals surface area (Å²) in [5.74, 6) is 1.85. The Labute approximate surface area is 143 Å². The molecule has 3 heterocycles. The molecule has 0 spiro atoms. The van der Waals surface area contributed by atoms with Gasteiger partial charge in [0.25, 0.3) is 0 Å². The van der Waals surface area contributed by atoms with E-state index in [2.05, 4.69) is 23.1 Å². The summed E-state index contributed by atoms with van der Waals surface area (Å²) in [6, 6.07) is 6.35. The number of ether oxygens (including phenoxy) is 2. The molecule has 0 aliphatic carbocycles. The SMILES string of the molecule is CC(C)(C)OC(=O)N1CC2CN3CCCOc4cccc(c43)C2C1. The number of fused-ring (bicyclic) bond motifs is 2. The summed E-state index contributed by atoms with van der Waals surface area (Å²) in [5.41, 5.74) is 2.13. The average molecular weight is 330 g/mol. The standard InChI is InChI=1S/C19H26N2O3/c1-19(2,3)24-18(22)21-11-13-10-20-8-5-9-23-16-7-4-6-14(17(16)20)15(13)12-21/h4,6-7,13,15H,5,8-12H2,1-3H3. The number of para-hydroxylation sites is 1. The molecule has 1 aromatic rings. The van der Waals surface area contributed by atoms with Crippen LogP contribution in [-0.4, -0.2) is 49.4 Å². The Morgan fingerprint density at radius 2 is 2.08 bits per heavy atom. The van der Waals surface area contributed by atoms with Gasteiger partial charge in [-0.3, -0.25) is 0 Å². The van der Waals surface area contributed by atoms with Crippen molar-refractivity contribution in [3.63, 3.8) is 0 Å². The molecule has 5 nitrogen and oxygen atoms in total. The van der Waals surface area contributed by atoms with E-state index in [-0.39, 0.29) is 6.09 Å². The zero-order valence-electron chi connectivity index (χ0n) is 14.7. The van der Waals surface area contributed by atoms with Gasteiger partial charge >= 0.3 is 6.09 Å². The highest BCUT2D eigenvalue weighted by Crippen LogP contribution is 2.47. The van der Waals surface area contributed by atoms with E-state index in [0.717, 1.165) is 45.0 Å². The highest BCUT2D eigenvalue weighted by Gasteiger charge is 2.43. The van der Waals surface area contributed by atoms with Gasteiger partial charge in [-0.05, 0) is 38.8 Å². The number of amides is 1. The van der Waals surface area contributed by atoms with Crippen molar-refractivity contribution >= 4 is 11.8 Å². The Balaban J connectivity index is 1.61. The van der Waals surface area contributed by atoms with Crippen LogP contribution in [0.5, 0.6) is 5.75 Å². The highest BCUT2D eigenvalue weighted by atomic mass is 16.6. The third kappa shape index (κ3) is 2.70. The number of hydrogen-bond acceptors (Lipinski definition) is 4. The van der Waals surface area contributed by atoms with Gasteiger partial charge in [0.2, 0.25) is 0 Å². The highest BCUT2D eigenvalue weighted by molar-refractivity contribution is 5.71. The fraction of sp³-hybridized carbons (Fsp3) is 0.632. The number of carbonyl (C=O) groups excluding carboxylic acids is 1. The van der Waals surface area contributed by atoms with Gasteiger partial charge in [0, 0.05) is 38.0 Å². The van der Waals surface area contributed by atoms with Crippen molar-refractivity contribution in [3.05, 3.63) is 23.8 Å². The van der Waals surface area contributed by atoms with Crippen LogP contribution in [0.25, 0.3) is 0 Å². The summed E-state index contributed by atoms with van der Waals surface area (Å²) >= 11 is 0. The van der Waals surface area contributed by atoms with Crippen LogP contribution in [0.2, 0.25) is 0 Å². The van der Waals surface area contributed by atoms with Crippen molar-refractivity contribution in [1.29, 1.82) is 0 Å². The summed E-state index contributed by atoms with van der Waals surface area (Å²) in [7, 11) is 0. The van der Waals surface area contributed by atoms with Gasteiger partial charge in [-0.2, -0.15) is 0 Å². The van der Waals surface area contributed by atoms with Crippen LogP contribution in [-0.2, 0) is 4.74 Å². The molecule has 2 unspecified atom stereocenters. The molecule has 0 saturated carbocycles. The fourth-order valence-electron chi connectivity index (χ4n) is 4.19. The summed E-state index contributed by atoms with van der Waals surface area (Å²) < 4.78 is 11.5. The summed E-state index contributed by atoms with van der Waals surface area (Å²) in [6.45, 7) is 10.1. The van der Waals surface area contributed by atoms with Crippen molar-refractivity contribution in [2.75, 3.05) is 37.7 Å². The molecule has 130 valence electrons. The van der Waals surface area contributed by atoms with Crippen LogP contribution in [0.1, 0.15) is 38.7 Å². The Morgan fingerprint density at radius 1 is 1.25 bits per heavy atom. The maximum Gasteiger partial charge on any atom is 0.410 e. The van der Waals surface area contributed by atoms with Crippen LogP contribution >= 0.6 is 0 Å². The first-order valence-corrected chi connectivity index (χ1v) is 8.91. The van der Waals surface area contributed by atoms with E-state index in [1.807, 2.05) is 25.7 Å². The fourth-order valence-corrected chi connectivity index (χ4v) is 4.19. The lowest BCUT2D eigenvalue weighted by Gasteiger charge is -2.37. The second-order valence-electron chi connectivity index (χ2n) is 8.09. The largest absolute Gasteiger partial charge is 0.491 e. The van der Waals surface area contributed by atoms with Crippen molar-refractivity contribution in [2.24, 2.45) is 5.92 Å². The lowest BCUT2D eigenvalue weighted by atomic mass is 9.83. The van der Waals surface area contributed by atoms with Crippen LogP contribution in [0, 0.1) is 5.92 Å². The quantitative estimate of drug-likeness (QED) is 0.732. The molecule has 3 aliphatic rings. The first-order valence-electron chi connectivity index (χ1n) is 8.91. The molecule has 5 heteroatoms. The minimum absolute atomic E-state index is 0.190. The summed E-state index contributed by atoms with van der Waals surface area (Å²) in [5, 5.41) is 0. The molecule has 2 atom stereocenters. The van der Waals surface area contributed by atoms with Gasteiger partial charge in [0.15, 0.2) is 0 Å². The number of rotatable bonds is 0. The zero-order chi connectivity index (χ0) is 16.9. The van der Waals surface area contributed by atoms with Gasteiger partial charge in [0.1, 0.15) is 11.4 Å². The van der Waals surface area contributed by atoms with Gasteiger partial charge in [0.05, 0.1) is 12.3 Å². The van der Waals surface area contributed by atoms with Crippen LogP contribution in [0.3, 0.4) is 0 Å². The lowest BCUT2D eigenvalue weighted by Crippen LogP contribution is -2.38. The maximum absolute atomic E-state index is 12.5. The number of nitrogens with zero attached hydrogens (tertiary/aromatic N) is 2. The number of benzene rings is 1. The molecule has 4 rings (SSSR count). The van der Waals surface area contributed by atoms with E-state index in [1.165, 1.54) is 11.3 Å². The maximum atomic E-state index is 12.5. The van der Waals surface area contributed by atoms with E-state index in [0.29, 0.717) is 11.8 Å². The van der Waals surface area contributed by atoms with Crippen LogP contribution in [0.15, 0.2) is 18.2 Å². The summed E-state index contributed by atoms with van der Waals surface area (Å²) in [4.78, 5) is 16.8. The molecule has 0 radical (unpaired) electrons.